The molecule has 5 nitrogen and oxygen atoms in total. The average molecular weight is 130 g/mol. The second-order valence-corrected chi connectivity index (χ2v) is 1.97. The molecule has 0 aliphatic carbocycles. The summed E-state index contributed by atoms with van der Waals surface area (Å²) in [5, 5.41) is 4.23. The third kappa shape index (κ3) is 1.02. The van der Waals surface area contributed by atoms with Gasteiger partial charge in [0.05, 0.1) is 6.67 Å². The third-order valence-corrected chi connectivity index (χ3v) is 1.44. The van der Waals surface area contributed by atoms with Gasteiger partial charge >= 0.3 is 0 Å². The van der Waals surface area contributed by atoms with Crippen molar-refractivity contribution in [3.05, 3.63) is 0 Å². The minimum atomic E-state index is -0.157. The van der Waals surface area contributed by atoms with Gasteiger partial charge in [0.25, 0.3) is 0 Å². The predicted molar refractivity (Wildman–Crippen MR) is 31.6 cm³/mol. The van der Waals surface area contributed by atoms with E-state index in [9.17, 15) is 4.79 Å². The van der Waals surface area contributed by atoms with Crippen LogP contribution in [-0.2, 0) is 4.79 Å². The number of carbonyl (C=O) groups is 1. The maximum absolute atomic E-state index is 10.7. The summed E-state index contributed by atoms with van der Waals surface area (Å²) in [5.74, 6) is 5.08. The van der Waals surface area contributed by atoms with E-state index in [1.807, 2.05) is 0 Å². The van der Waals surface area contributed by atoms with Crippen molar-refractivity contribution in [3.63, 3.8) is 0 Å². The largest absolute Gasteiger partial charge is 0.341 e. The molecule has 1 rings (SSSR count). The number of carbonyl (C=O) groups excluding carboxylic acids is 1. The van der Waals surface area contributed by atoms with Gasteiger partial charge in [-0.2, -0.15) is 10.5 Å². The van der Waals surface area contributed by atoms with E-state index >= 15 is 0 Å². The molecule has 4 N–H and O–H groups in total. The van der Waals surface area contributed by atoms with E-state index in [4.69, 9.17) is 5.84 Å². The molecule has 0 radical (unpaired) electrons. The van der Waals surface area contributed by atoms with Crippen LogP contribution in [0.4, 0.5) is 0 Å². The smallest absolute Gasteiger partial charge is 0.239 e. The van der Waals surface area contributed by atoms with Crippen LogP contribution >= 0.6 is 0 Å². The lowest BCUT2D eigenvalue weighted by molar-refractivity contribution is -0.121. The van der Waals surface area contributed by atoms with E-state index in [0.29, 0.717) is 6.67 Å². The number of hydrazine groups is 2. The van der Waals surface area contributed by atoms with Crippen molar-refractivity contribution >= 4 is 5.91 Å². The van der Waals surface area contributed by atoms with Crippen LogP contribution in [0, 0.1) is 0 Å². The van der Waals surface area contributed by atoms with Crippen LogP contribution in [0.1, 0.15) is 6.92 Å². The molecule has 1 unspecified atom stereocenters. The van der Waals surface area contributed by atoms with Crippen LogP contribution < -0.4 is 16.7 Å². The fraction of sp³-hybridized carbons (Fsp3) is 0.750. The van der Waals surface area contributed by atoms with Gasteiger partial charge in [0.1, 0.15) is 6.04 Å². The number of rotatable bonds is 1. The molecule has 0 aromatic carbocycles. The van der Waals surface area contributed by atoms with Gasteiger partial charge in [0.15, 0.2) is 0 Å². The summed E-state index contributed by atoms with van der Waals surface area (Å²) < 4.78 is 0. The minimum Gasteiger partial charge on any atom is -0.341 e. The summed E-state index contributed by atoms with van der Waals surface area (Å²) in [5.41, 5.74) is 2.39. The summed E-state index contributed by atoms with van der Waals surface area (Å²) >= 11 is 0. The van der Waals surface area contributed by atoms with Crippen molar-refractivity contribution < 1.29 is 4.79 Å². The summed E-state index contributed by atoms with van der Waals surface area (Å²) in [7, 11) is 0. The van der Waals surface area contributed by atoms with Crippen LogP contribution in [0.3, 0.4) is 0 Å². The maximum Gasteiger partial charge on any atom is 0.239 e. The molecular formula is C4H10N4O. The molecule has 1 aliphatic heterocycles. The number of hydrogen-bond donors (Lipinski definition) is 3. The van der Waals surface area contributed by atoms with Crippen molar-refractivity contribution in [1.29, 1.82) is 0 Å². The minimum absolute atomic E-state index is 0.00736. The van der Waals surface area contributed by atoms with Crippen molar-refractivity contribution in [3.8, 4) is 0 Å². The van der Waals surface area contributed by atoms with E-state index in [0.717, 1.165) is 0 Å². The molecule has 1 aliphatic rings. The Bertz CT molecular complexity index is 126. The zero-order valence-electron chi connectivity index (χ0n) is 5.22. The molecule has 5 heteroatoms. The van der Waals surface area contributed by atoms with Gasteiger partial charge in [-0.25, -0.2) is 0 Å². The molecule has 1 amide bonds. The summed E-state index contributed by atoms with van der Waals surface area (Å²) in [6.07, 6.45) is 0. The van der Waals surface area contributed by atoms with Crippen LogP contribution in [0.25, 0.3) is 0 Å². The molecule has 0 aromatic rings. The Kier molecular flexibility index (Phi) is 1.65. The zero-order valence-corrected chi connectivity index (χ0v) is 5.22. The van der Waals surface area contributed by atoms with Crippen LogP contribution in [0.2, 0.25) is 0 Å². The van der Waals surface area contributed by atoms with Crippen LogP contribution in [0.5, 0.6) is 0 Å². The first kappa shape index (κ1) is 6.47. The van der Waals surface area contributed by atoms with Crippen LogP contribution in [0.15, 0.2) is 0 Å². The quantitative estimate of drug-likeness (QED) is 0.287. The number of amides is 1. The lowest BCUT2D eigenvalue weighted by Crippen LogP contribution is -2.46. The third-order valence-electron chi connectivity index (χ3n) is 1.44. The Labute approximate surface area is 53.1 Å². The second kappa shape index (κ2) is 2.30. The molecule has 0 aromatic heterocycles. The highest BCUT2D eigenvalue weighted by Gasteiger charge is 2.26. The lowest BCUT2D eigenvalue weighted by atomic mass is 10.3. The number of nitrogens with two attached hydrogens (primary N) is 1. The molecule has 52 valence electrons. The molecule has 1 fully saturated rings. The molecule has 0 spiro atoms. The van der Waals surface area contributed by atoms with E-state index in [1.165, 1.54) is 0 Å². The molecule has 9 heavy (non-hydrogen) atoms. The Morgan fingerprint density at radius 1 is 2.00 bits per heavy atom. The standard InChI is InChI=1S/C4H10N4O/c1-3-4(9)6-2-8(3)7-5/h3,7H,2,5H2,1H3,(H,6,9). The second-order valence-electron chi connectivity index (χ2n) is 1.97. The Morgan fingerprint density at radius 2 is 2.67 bits per heavy atom. The van der Waals surface area contributed by atoms with Crippen LogP contribution in [-0.4, -0.2) is 23.6 Å². The first-order chi connectivity index (χ1) is 4.25. The lowest BCUT2D eigenvalue weighted by Gasteiger charge is -2.14. The SMILES string of the molecule is CC1C(=O)NCN1NN. The Morgan fingerprint density at radius 3 is 2.89 bits per heavy atom. The van der Waals surface area contributed by atoms with E-state index in [-0.39, 0.29) is 11.9 Å². The number of hydrogen-bond acceptors (Lipinski definition) is 4. The molecule has 0 saturated carbocycles. The highest BCUT2D eigenvalue weighted by atomic mass is 16.2. The number of nitrogens with zero attached hydrogens (tertiary/aromatic N) is 1. The zero-order chi connectivity index (χ0) is 6.85. The fourth-order valence-corrected chi connectivity index (χ4v) is 0.747. The average Bonchev–Trinajstić information content (AvgIpc) is 2.15. The van der Waals surface area contributed by atoms with Gasteiger partial charge in [-0.1, -0.05) is 0 Å². The topological polar surface area (TPSA) is 70.4 Å². The summed E-state index contributed by atoms with van der Waals surface area (Å²) in [6.45, 7) is 2.26. The van der Waals surface area contributed by atoms with Gasteiger partial charge in [0.2, 0.25) is 5.91 Å². The molecule has 1 heterocycles. The van der Waals surface area contributed by atoms with Gasteiger partial charge in [-0.15, -0.1) is 0 Å². The molecular weight excluding hydrogens is 120 g/mol. The van der Waals surface area contributed by atoms with E-state index < -0.39 is 0 Å². The first-order valence-electron chi connectivity index (χ1n) is 2.76. The maximum atomic E-state index is 10.7. The van der Waals surface area contributed by atoms with E-state index in [2.05, 4.69) is 10.9 Å². The van der Waals surface area contributed by atoms with Gasteiger partial charge < -0.3 is 5.32 Å². The highest BCUT2D eigenvalue weighted by Crippen LogP contribution is 1.98. The van der Waals surface area contributed by atoms with Crippen molar-refractivity contribution in [2.75, 3.05) is 6.67 Å². The molecule has 1 atom stereocenters. The molecule has 0 bridgehead atoms. The van der Waals surface area contributed by atoms with Gasteiger partial charge in [0, 0.05) is 0 Å². The summed E-state index contributed by atoms with van der Waals surface area (Å²) in [4.78, 5) is 10.7. The summed E-state index contributed by atoms with van der Waals surface area (Å²) in [6, 6.07) is -0.157. The Balaban J connectivity index is 2.51. The predicted octanol–water partition coefficient (Wildman–Crippen LogP) is -1.86. The Hall–Kier alpha value is -0.650. The van der Waals surface area contributed by atoms with Gasteiger partial charge in [-0.05, 0) is 6.92 Å². The number of nitrogens with one attached hydrogen (secondary N) is 2. The van der Waals surface area contributed by atoms with Crippen molar-refractivity contribution in [1.82, 2.24) is 15.9 Å². The molecule has 1 saturated heterocycles. The van der Waals surface area contributed by atoms with Crippen molar-refractivity contribution in [2.24, 2.45) is 5.84 Å². The van der Waals surface area contributed by atoms with Crippen molar-refractivity contribution in [2.45, 2.75) is 13.0 Å². The van der Waals surface area contributed by atoms with Gasteiger partial charge in [-0.3, -0.25) is 10.6 Å². The first-order valence-corrected chi connectivity index (χ1v) is 2.76. The fourth-order valence-electron chi connectivity index (χ4n) is 0.747. The van der Waals surface area contributed by atoms with E-state index in [1.54, 1.807) is 11.9 Å². The highest BCUT2D eigenvalue weighted by molar-refractivity contribution is 5.82. The monoisotopic (exact) mass is 130 g/mol. The normalized spacial score (nSPS) is 28.7.